The fourth-order valence-electron chi connectivity index (χ4n) is 2.17. The second-order valence-electron chi connectivity index (χ2n) is 4.93. The molecule has 0 aliphatic heterocycles. The van der Waals surface area contributed by atoms with Crippen LogP contribution in [-0.2, 0) is 4.79 Å². The molecule has 2 rings (SSSR count). The molecule has 5 heteroatoms. The van der Waals surface area contributed by atoms with Crippen molar-refractivity contribution in [3.63, 3.8) is 0 Å². The van der Waals surface area contributed by atoms with Crippen molar-refractivity contribution in [3.8, 4) is 5.75 Å². The molecule has 0 saturated heterocycles. The number of nitrogens with one attached hydrogen (secondary N) is 1. The van der Waals surface area contributed by atoms with Gasteiger partial charge >= 0.3 is 5.97 Å². The largest absolute Gasteiger partial charge is 0.494 e. The van der Waals surface area contributed by atoms with Crippen LogP contribution in [0.3, 0.4) is 0 Å². The molecule has 5 nitrogen and oxygen atoms in total. The molecule has 1 aromatic heterocycles. The quantitative estimate of drug-likeness (QED) is 0.730. The topological polar surface area (TPSA) is 79.4 Å². The second kappa shape index (κ2) is 6.92. The van der Waals surface area contributed by atoms with Gasteiger partial charge in [0.05, 0.1) is 6.61 Å². The highest BCUT2D eigenvalue weighted by Gasteiger charge is 2.13. The van der Waals surface area contributed by atoms with Gasteiger partial charge in [0.15, 0.2) is 5.78 Å². The van der Waals surface area contributed by atoms with E-state index in [4.69, 9.17) is 9.84 Å². The van der Waals surface area contributed by atoms with Crippen LogP contribution >= 0.6 is 0 Å². The maximum atomic E-state index is 12.2. The average molecular weight is 289 g/mol. The van der Waals surface area contributed by atoms with Crippen molar-refractivity contribution >= 4 is 22.7 Å². The average Bonchev–Trinajstić information content (AvgIpc) is 2.87. The van der Waals surface area contributed by atoms with E-state index >= 15 is 0 Å². The highest BCUT2D eigenvalue weighted by Crippen LogP contribution is 2.25. The van der Waals surface area contributed by atoms with Crippen LogP contribution in [0.2, 0.25) is 0 Å². The van der Waals surface area contributed by atoms with E-state index in [2.05, 4.69) is 4.98 Å². The zero-order chi connectivity index (χ0) is 15.2. The molecule has 0 amide bonds. The first kappa shape index (κ1) is 15.1. The smallest absolute Gasteiger partial charge is 0.303 e. The van der Waals surface area contributed by atoms with Crippen molar-refractivity contribution in [2.75, 3.05) is 6.61 Å². The maximum absolute atomic E-state index is 12.2. The predicted octanol–water partition coefficient (Wildman–Crippen LogP) is 3.39. The molecule has 112 valence electrons. The first-order valence-electron chi connectivity index (χ1n) is 7.10. The first-order chi connectivity index (χ1) is 10.1. The van der Waals surface area contributed by atoms with Crippen molar-refractivity contribution in [2.24, 2.45) is 0 Å². The monoisotopic (exact) mass is 289 g/mol. The van der Waals surface area contributed by atoms with E-state index in [1.165, 1.54) is 0 Å². The summed E-state index contributed by atoms with van der Waals surface area (Å²) in [7, 11) is 0. The van der Waals surface area contributed by atoms with Crippen molar-refractivity contribution in [2.45, 2.75) is 32.6 Å². The van der Waals surface area contributed by atoms with E-state index < -0.39 is 5.97 Å². The van der Waals surface area contributed by atoms with E-state index in [1.54, 1.807) is 6.20 Å². The van der Waals surface area contributed by atoms with Gasteiger partial charge in [-0.2, -0.15) is 0 Å². The van der Waals surface area contributed by atoms with Crippen molar-refractivity contribution < 1.29 is 19.4 Å². The van der Waals surface area contributed by atoms with Crippen LogP contribution in [0.25, 0.3) is 10.9 Å². The lowest BCUT2D eigenvalue weighted by Gasteiger charge is -2.05. The molecule has 0 aliphatic rings. The SMILES string of the molecule is CCCOc1ccc2[nH]cc(C(=O)CCCC(=O)O)c2c1. The minimum Gasteiger partial charge on any atom is -0.494 e. The molecular formula is C16H19NO4. The summed E-state index contributed by atoms with van der Waals surface area (Å²) in [5.74, 6) is -0.185. The van der Waals surface area contributed by atoms with Crippen molar-refractivity contribution in [1.82, 2.24) is 4.98 Å². The Morgan fingerprint density at radius 3 is 2.81 bits per heavy atom. The molecule has 0 aliphatic carbocycles. The summed E-state index contributed by atoms with van der Waals surface area (Å²) in [6, 6.07) is 5.60. The van der Waals surface area contributed by atoms with Gasteiger partial charge in [-0.15, -0.1) is 0 Å². The summed E-state index contributed by atoms with van der Waals surface area (Å²) in [6.07, 6.45) is 3.20. The van der Waals surface area contributed by atoms with Gasteiger partial charge in [0.25, 0.3) is 0 Å². The zero-order valence-electron chi connectivity index (χ0n) is 12.0. The van der Waals surface area contributed by atoms with Gasteiger partial charge in [0, 0.05) is 35.5 Å². The van der Waals surface area contributed by atoms with Gasteiger partial charge in [-0.05, 0) is 31.0 Å². The molecule has 0 unspecified atom stereocenters. The minimum absolute atomic E-state index is 0.0129. The highest BCUT2D eigenvalue weighted by molar-refractivity contribution is 6.08. The van der Waals surface area contributed by atoms with E-state index in [-0.39, 0.29) is 18.6 Å². The number of hydrogen-bond donors (Lipinski definition) is 2. The molecule has 2 N–H and O–H groups in total. The van der Waals surface area contributed by atoms with Crippen LogP contribution in [0.15, 0.2) is 24.4 Å². The van der Waals surface area contributed by atoms with Crippen LogP contribution in [0.4, 0.5) is 0 Å². The predicted molar refractivity (Wildman–Crippen MR) is 79.9 cm³/mol. The number of hydrogen-bond acceptors (Lipinski definition) is 3. The number of rotatable bonds is 8. The van der Waals surface area contributed by atoms with Crippen LogP contribution in [-0.4, -0.2) is 28.4 Å². The van der Waals surface area contributed by atoms with Crippen molar-refractivity contribution in [3.05, 3.63) is 30.0 Å². The lowest BCUT2D eigenvalue weighted by molar-refractivity contribution is -0.137. The number of aromatic amines is 1. The molecule has 1 heterocycles. The molecule has 0 atom stereocenters. The zero-order valence-corrected chi connectivity index (χ0v) is 12.0. The third-order valence-corrected chi connectivity index (χ3v) is 3.22. The molecule has 1 aromatic carbocycles. The molecule has 0 saturated carbocycles. The molecule has 0 fully saturated rings. The van der Waals surface area contributed by atoms with Gasteiger partial charge in [0.2, 0.25) is 0 Å². The van der Waals surface area contributed by atoms with E-state index in [9.17, 15) is 9.59 Å². The van der Waals surface area contributed by atoms with E-state index in [0.717, 1.165) is 23.1 Å². The van der Waals surface area contributed by atoms with Crippen LogP contribution < -0.4 is 4.74 Å². The minimum atomic E-state index is -0.878. The Morgan fingerprint density at radius 1 is 1.29 bits per heavy atom. The molecule has 0 radical (unpaired) electrons. The number of ketones is 1. The molecule has 0 spiro atoms. The van der Waals surface area contributed by atoms with Gasteiger partial charge in [-0.25, -0.2) is 0 Å². The fraction of sp³-hybridized carbons (Fsp3) is 0.375. The Balaban J connectivity index is 2.15. The Morgan fingerprint density at radius 2 is 2.10 bits per heavy atom. The maximum Gasteiger partial charge on any atom is 0.303 e. The summed E-state index contributed by atoms with van der Waals surface area (Å²) < 4.78 is 5.58. The lowest BCUT2D eigenvalue weighted by Crippen LogP contribution is -2.01. The number of fused-ring (bicyclic) bond motifs is 1. The second-order valence-corrected chi connectivity index (χ2v) is 4.93. The number of Topliss-reactive ketones (excluding diaryl/α,β-unsaturated/α-hetero) is 1. The van der Waals surface area contributed by atoms with Gasteiger partial charge < -0.3 is 14.8 Å². The number of carboxylic acid groups (broad SMARTS) is 1. The number of carbonyl (C=O) groups excluding carboxylic acids is 1. The molecule has 0 bridgehead atoms. The Hall–Kier alpha value is -2.30. The van der Waals surface area contributed by atoms with Gasteiger partial charge in [-0.3, -0.25) is 9.59 Å². The first-order valence-corrected chi connectivity index (χ1v) is 7.10. The summed E-state index contributed by atoms with van der Waals surface area (Å²) in [4.78, 5) is 25.7. The number of carbonyl (C=O) groups is 2. The Bertz CT molecular complexity index is 645. The number of ether oxygens (including phenoxy) is 1. The molecule has 2 aromatic rings. The van der Waals surface area contributed by atoms with Gasteiger partial charge in [-0.1, -0.05) is 6.92 Å². The van der Waals surface area contributed by atoms with E-state index in [0.29, 0.717) is 18.6 Å². The highest BCUT2D eigenvalue weighted by atomic mass is 16.5. The van der Waals surface area contributed by atoms with Crippen LogP contribution in [0.5, 0.6) is 5.75 Å². The number of aromatic nitrogens is 1. The summed E-state index contributed by atoms with van der Waals surface area (Å²) >= 11 is 0. The molecular weight excluding hydrogens is 270 g/mol. The number of H-pyrrole nitrogens is 1. The third-order valence-electron chi connectivity index (χ3n) is 3.22. The lowest BCUT2D eigenvalue weighted by atomic mass is 10.0. The van der Waals surface area contributed by atoms with E-state index in [1.807, 2.05) is 25.1 Å². The number of aliphatic carboxylic acids is 1. The standard InChI is InChI=1S/C16H19NO4/c1-2-8-21-11-6-7-14-12(9-11)13(10-17-14)15(18)4-3-5-16(19)20/h6-7,9-10,17H,2-5,8H2,1H3,(H,19,20). The Labute approximate surface area is 122 Å². The summed E-state index contributed by atoms with van der Waals surface area (Å²) in [5.41, 5.74) is 1.47. The number of carboxylic acids is 1. The molecule has 21 heavy (non-hydrogen) atoms. The Kier molecular flexibility index (Phi) is 4.98. The van der Waals surface area contributed by atoms with Crippen LogP contribution in [0.1, 0.15) is 43.0 Å². The summed E-state index contributed by atoms with van der Waals surface area (Å²) in [6.45, 7) is 2.67. The number of benzene rings is 1. The van der Waals surface area contributed by atoms with Crippen LogP contribution in [0, 0.1) is 0 Å². The van der Waals surface area contributed by atoms with Crippen molar-refractivity contribution in [1.29, 1.82) is 0 Å². The fourth-order valence-corrected chi connectivity index (χ4v) is 2.17. The summed E-state index contributed by atoms with van der Waals surface area (Å²) in [5, 5.41) is 9.44. The normalized spacial score (nSPS) is 10.7. The third kappa shape index (κ3) is 3.84. The van der Waals surface area contributed by atoms with Gasteiger partial charge in [0.1, 0.15) is 5.75 Å².